The second-order valence-electron chi connectivity index (χ2n) is 8.29. The van der Waals surface area contributed by atoms with Crippen LogP contribution in [0.2, 0.25) is 0 Å². The minimum atomic E-state index is -1.34. The van der Waals surface area contributed by atoms with Crippen LogP contribution in [0.15, 0.2) is 17.3 Å². The first-order chi connectivity index (χ1) is 11.4. The number of nitrogens with zero attached hydrogens (tertiary/aromatic N) is 3. The zero-order valence-electron chi connectivity index (χ0n) is 15.3. The summed E-state index contributed by atoms with van der Waals surface area (Å²) >= 11 is 1.55. The smallest absolute Gasteiger partial charge is 0.412 e. The lowest BCUT2D eigenvalue weighted by Crippen LogP contribution is -2.36. The Morgan fingerprint density at radius 3 is 2.44 bits per heavy atom. The normalized spacial score (nSPS) is 23.6. The van der Waals surface area contributed by atoms with E-state index in [0.29, 0.717) is 10.7 Å². The van der Waals surface area contributed by atoms with E-state index in [2.05, 4.69) is 32.7 Å². The molecule has 6 nitrogen and oxygen atoms in total. The van der Waals surface area contributed by atoms with Gasteiger partial charge in [-0.3, -0.25) is 9.89 Å². The van der Waals surface area contributed by atoms with Crippen LogP contribution >= 0.6 is 11.3 Å². The topological polar surface area (TPSA) is 86.0 Å². The highest BCUT2D eigenvalue weighted by Gasteiger charge is 2.43. The number of aliphatic imine (C=N–C) groups is 1. The van der Waals surface area contributed by atoms with Crippen LogP contribution in [0.5, 0.6) is 0 Å². The molecule has 0 saturated heterocycles. The Bertz CT molecular complexity index is 741. The third-order valence-electron chi connectivity index (χ3n) is 5.22. The molecular formula is C18H25N3O3S. The van der Waals surface area contributed by atoms with E-state index in [4.69, 9.17) is 10.1 Å². The van der Waals surface area contributed by atoms with Crippen molar-refractivity contribution in [1.82, 2.24) is 9.88 Å². The van der Waals surface area contributed by atoms with Gasteiger partial charge in [0.05, 0.1) is 11.4 Å². The maximum Gasteiger partial charge on any atom is 0.412 e. The van der Waals surface area contributed by atoms with Crippen LogP contribution in [-0.4, -0.2) is 38.6 Å². The molecule has 0 bridgehead atoms. The molecule has 136 valence electrons. The van der Waals surface area contributed by atoms with Crippen molar-refractivity contribution >= 4 is 23.1 Å². The van der Waals surface area contributed by atoms with Gasteiger partial charge >= 0.3 is 6.09 Å². The molecule has 1 aromatic rings. The Labute approximate surface area is 151 Å². The Hall–Kier alpha value is -1.73. The van der Waals surface area contributed by atoms with Gasteiger partial charge in [0.15, 0.2) is 5.60 Å². The average molecular weight is 363 g/mol. The highest BCUT2D eigenvalue weighted by molar-refractivity contribution is 7.12. The van der Waals surface area contributed by atoms with Crippen LogP contribution in [0.1, 0.15) is 63.0 Å². The summed E-state index contributed by atoms with van der Waals surface area (Å²) < 4.78 is 0. The fourth-order valence-electron chi connectivity index (χ4n) is 3.27. The van der Waals surface area contributed by atoms with Crippen molar-refractivity contribution in [2.75, 3.05) is 6.67 Å². The van der Waals surface area contributed by atoms with Crippen molar-refractivity contribution in [3.8, 4) is 0 Å². The molecule has 3 rings (SSSR count). The second-order valence-corrected chi connectivity index (χ2v) is 9.29. The average Bonchev–Trinajstić information content (AvgIpc) is 3.01. The molecule has 1 amide bonds. The third-order valence-corrected chi connectivity index (χ3v) is 6.86. The molecule has 1 aliphatic carbocycles. The van der Waals surface area contributed by atoms with Crippen molar-refractivity contribution in [2.45, 2.75) is 63.9 Å². The first kappa shape index (κ1) is 18.1. The highest BCUT2D eigenvalue weighted by atomic mass is 32.1. The molecule has 0 radical (unpaired) electrons. The highest BCUT2D eigenvalue weighted by Crippen LogP contribution is 2.49. The lowest BCUT2D eigenvalue weighted by molar-refractivity contribution is 0.130. The lowest BCUT2D eigenvalue weighted by Gasteiger charge is -2.37. The number of thiazole rings is 1. The van der Waals surface area contributed by atoms with Crippen LogP contribution in [-0.2, 0) is 16.4 Å². The summed E-state index contributed by atoms with van der Waals surface area (Å²) in [5.41, 5.74) is 0.194. The molecule has 2 aliphatic rings. The van der Waals surface area contributed by atoms with Crippen molar-refractivity contribution < 1.29 is 15.0 Å². The first-order valence-electron chi connectivity index (χ1n) is 8.42. The zero-order valence-corrected chi connectivity index (χ0v) is 16.1. The summed E-state index contributed by atoms with van der Waals surface area (Å²) in [6.45, 7) is 10.5. The van der Waals surface area contributed by atoms with Gasteiger partial charge < -0.3 is 10.2 Å². The first-order valence-corrected chi connectivity index (χ1v) is 9.24. The van der Waals surface area contributed by atoms with Gasteiger partial charge in [-0.2, -0.15) is 0 Å². The van der Waals surface area contributed by atoms with Crippen LogP contribution in [0.25, 0.3) is 0 Å². The monoisotopic (exact) mass is 363 g/mol. The van der Waals surface area contributed by atoms with E-state index in [0.717, 1.165) is 23.4 Å². The Morgan fingerprint density at radius 1 is 1.28 bits per heavy atom. The zero-order chi connectivity index (χ0) is 18.6. The van der Waals surface area contributed by atoms with Crippen molar-refractivity contribution in [3.05, 3.63) is 27.9 Å². The molecule has 0 saturated carbocycles. The molecule has 1 atom stereocenters. The second kappa shape index (κ2) is 5.64. The van der Waals surface area contributed by atoms with E-state index < -0.39 is 11.7 Å². The molecule has 1 unspecified atom stereocenters. The summed E-state index contributed by atoms with van der Waals surface area (Å²) in [6, 6.07) is 0. The third kappa shape index (κ3) is 3.00. The van der Waals surface area contributed by atoms with Crippen LogP contribution < -0.4 is 0 Å². The van der Waals surface area contributed by atoms with Gasteiger partial charge in [-0.05, 0) is 25.8 Å². The molecule has 2 N–H and O–H groups in total. The van der Waals surface area contributed by atoms with Gasteiger partial charge in [0.25, 0.3) is 0 Å². The molecule has 0 spiro atoms. The summed E-state index contributed by atoms with van der Waals surface area (Å²) in [4.78, 5) is 22.4. The molecule has 25 heavy (non-hydrogen) atoms. The fraction of sp³-hybridized carbons (Fsp3) is 0.611. The van der Waals surface area contributed by atoms with Crippen LogP contribution in [0, 0.1) is 0 Å². The number of aliphatic hydroxyl groups is 1. The van der Waals surface area contributed by atoms with Gasteiger partial charge in [0.2, 0.25) is 0 Å². The van der Waals surface area contributed by atoms with Gasteiger partial charge in [-0.25, -0.2) is 9.78 Å². The van der Waals surface area contributed by atoms with Gasteiger partial charge in [-0.15, -0.1) is 11.3 Å². The minimum absolute atomic E-state index is 0.0139. The predicted octanol–water partition coefficient (Wildman–Crippen LogP) is 3.61. The summed E-state index contributed by atoms with van der Waals surface area (Å²) in [7, 11) is 0. The number of aromatic nitrogens is 1. The van der Waals surface area contributed by atoms with Crippen molar-refractivity contribution in [1.29, 1.82) is 0 Å². The van der Waals surface area contributed by atoms with Gasteiger partial charge in [-0.1, -0.05) is 27.7 Å². The Balaban J connectivity index is 1.99. The quantitative estimate of drug-likeness (QED) is 0.840. The maximum absolute atomic E-state index is 11.1. The summed E-state index contributed by atoms with van der Waals surface area (Å²) in [5.74, 6) is 0. The molecule has 0 aromatic carbocycles. The number of carbonyl (C=O) groups is 1. The number of carboxylic acid groups (broad SMARTS) is 1. The SMILES string of the molecule is CC1(C)CCC(C)(C)c2sc(C(C)(O)C3=NCN(C(=O)O)C=C3)nc21. The van der Waals surface area contributed by atoms with Gasteiger partial charge in [0, 0.05) is 21.9 Å². The van der Waals surface area contributed by atoms with Crippen LogP contribution in [0.4, 0.5) is 4.79 Å². The molecular weight excluding hydrogens is 338 g/mol. The van der Waals surface area contributed by atoms with Crippen molar-refractivity contribution in [2.24, 2.45) is 4.99 Å². The van der Waals surface area contributed by atoms with E-state index in [-0.39, 0.29) is 17.5 Å². The lowest BCUT2D eigenvalue weighted by atomic mass is 9.69. The Morgan fingerprint density at radius 2 is 1.92 bits per heavy atom. The number of amides is 1. The molecule has 1 aromatic heterocycles. The van der Waals surface area contributed by atoms with E-state index >= 15 is 0 Å². The minimum Gasteiger partial charge on any atom is -0.465 e. The van der Waals surface area contributed by atoms with E-state index in [1.807, 2.05) is 0 Å². The van der Waals surface area contributed by atoms with E-state index in [9.17, 15) is 9.90 Å². The van der Waals surface area contributed by atoms with Crippen molar-refractivity contribution in [3.63, 3.8) is 0 Å². The number of rotatable bonds is 2. The fourth-order valence-corrected chi connectivity index (χ4v) is 4.70. The van der Waals surface area contributed by atoms with Gasteiger partial charge in [0.1, 0.15) is 11.7 Å². The molecule has 7 heteroatoms. The Kier molecular flexibility index (Phi) is 4.08. The van der Waals surface area contributed by atoms with Crippen LogP contribution in [0.3, 0.4) is 0 Å². The summed E-state index contributed by atoms with van der Waals surface area (Å²) in [5, 5.41) is 20.7. The predicted molar refractivity (Wildman–Crippen MR) is 98.3 cm³/mol. The van der Waals surface area contributed by atoms with E-state index in [1.54, 1.807) is 24.3 Å². The molecule has 2 heterocycles. The standard InChI is InChI=1S/C18H25N3O3S/c1-16(2)7-8-17(3,4)13-12(16)20-14(25-13)18(5,24)11-6-9-21(10-19-11)15(22)23/h6,9,24H,7-8,10H2,1-5H3,(H,22,23). The van der Waals surface area contributed by atoms with E-state index in [1.165, 1.54) is 11.1 Å². The molecule has 0 fully saturated rings. The largest absolute Gasteiger partial charge is 0.465 e. The maximum atomic E-state index is 11.1. The number of fused-ring (bicyclic) bond motifs is 1. The summed E-state index contributed by atoms with van der Waals surface area (Å²) in [6.07, 6.45) is 4.07. The molecule has 1 aliphatic heterocycles. The number of hydrogen-bond donors (Lipinski definition) is 2. The number of hydrogen-bond acceptors (Lipinski definition) is 5.